The normalized spacial score (nSPS) is 20.7. The predicted molar refractivity (Wildman–Crippen MR) is 63.7 cm³/mol. The summed E-state index contributed by atoms with van der Waals surface area (Å²) in [6.45, 7) is 4.77. The molecule has 0 radical (unpaired) electrons. The second-order valence-corrected chi connectivity index (χ2v) is 3.72. The molecular formula is C11H17ClN2O. The summed E-state index contributed by atoms with van der Waals surface area (Å²) in [6, 6.07) is 6.13. The predicted octanol–water partition coefficient (Wildman–Crippen LogP) is 1.36. The lowest BCUT2D eigenvalue weighted by atomic mass is 10.0. The summed E-state index contributed by atoms with van der Waals surface area (Å²) in [6.07, 6.45) is 0. The first-order valence-corrected chi connectivity index (χ1v) is 5.01. The Morgan fingerprint density at radius 3 is 2.80 bits per heavy atom. The van der Waals surface area contributed by atoms with Gasteiger partial charge in [-0.05, 0) is 12.5 Å². The van der Waals surface area contributed by atoms with Crippen LogP contribution >= 0.6 is 12.4 Å². The summed E-state index contributed by atoms with van der Waals surface area (Å²) in [5.41, 5.74) is 1.94. The highest BCUT2D eigenvalue weighted by molar-refractivity contribution is 5.85. The van der Waals surface area contributed by atoms with Crippen LogP contribution in [0.15, 0.2) is 18.2 Å². The first-order chi connectivity index (χ1) is 6.79. The number of benzene rings is 1. The van der Waals surface area contributed by atoms with Crippen molar-refractivity contribution in [2.75, 3.05) is 19.6 Å². The molecule has 1 aromatic rings. The van der Waals surface area contributed by atoms with Gasteiger partial charge in [0, 0.05) is 31.2 Å². The smallest absolute Gasteiger partial charge is 0.123 e. The van der Waals surface area contributed by atoms with E-state index in [1.165, 1.54) is 0 Å². The van der Waals surface area contributed by atoms with E-state index in [0.29, 0.717) is 5.75 Å². The maximum absolute atomic E-state index is 9.88. The van der Waals surface area contributed by atoms with Crippen molar-refractivity contribution in [3.8, 4) is 5.75 Å². The summed E-state index contributed by atoms with van der Waals surface area (Å²) in [5, 5.41) is 16.6. The number of aryl methyl sites for hydroxylation is 1. The van der Waals surface area contributed by atoms with Crippen molar-refractivity contribution in [1.29, 1.82) is 0 Å². The number of piperazine rings is 1. The number of aromatic hydroxyl groups is 1. The molecule has 1 heterocycles. The lowest BCUT2D eigenvalue weighted by Crippen LogP contribution is -2.42. The lowest BCUT2D eigenvalue weighted by molar-refractivity contribution is 0.403. The molecule has 3 nitrogen and oxygen atoms in total. The van der Waals surface area contributed by atoms with Crippen LogP contribution in [0.25, 0.3) is 0 Å². The third-order valence-corrected chi connectivity index (χ3v) is 2.69. The molecule has 0 spiro atoms. The molecule has 1 atom stereocenters. The molecule has 84 valence electrons. The molecule has 4 heteroatoms. The molecule has 0 bridgehead atoms. The van der Waals surface area contributed by atoms with Crippen molar-refractivity contribution < 1.29 is 5.11 Å². The van der Waals surface area contributed by atoms with E-state index < -0.39 is 0 Å². The van der Waals surface area contributed by atoms with E-state index in [2.05, 4.69) is 10.6 Å². The summed E-state index contributed by atoms with van der Waals surface area (Å²) in [5.74, 6) is 0.425. The number of hydrogen-bond donors (Lipinski definition) is 3. The van der Waals surface area contributed by atoms with Crippen LogP contribution in [0.5, 0.6) is 5.75 Å². The van der Waals surface area contributed by atoms with Crippen LogP contribution in [0.4, 0.5) is 0 Å². The van der Waals surface area contributed by atoms with E-state index in [1.54, 1.807) is 0 Å². The lowest BCUT2D eigenvalue weighted by Gasteiger charge is -2.25. The highest BCUT2D eigenvalue weighted by Gasteiger charge is 2.17. The molecule has 0 amide bonds. The van der Waals surface area contributed by atoms with Gasteiger partial charge in [0.1, 0.15) is 5.75 Å². The number of phenols is 1. The van der Waals surface area contributed by atoms with Gasteiger partial charge in [0.15, 0.2) is 0 Å². The van der Waals surface area contributed by atoms with Gasteiger partial charge in [0.05, 0.1) is 0 Å². The minimum atomic E-state index is 0. The van der Waals surface area contributed by atoms with Gasteiger partial charge < -0.3 is 15.7 Å². The van der Waals surface area contributed by atoms with Crippen LogP contribution < -0.4 is 10.6 Å². The molecule has 0 aliphatic carbocycles. The number of para-hydroxylation sites is 1. The Kier molecular flexibility index (Phi) is 4.39. The van der Waals surface area contributed by atoms with Gasteiger partial charge in [0.25, 0.3) is 0 Å². The fourth-order valence-corrected chi connectivity index (χ4v) is 1.84. The van der Waals surface area contributed by atoms with Gasteiger partial charge in [-0.2, -0.15) is 0 Å². The number of phenolic OH excluding ortho intramolecular Hbond substituents is 1. The first kappa shape index (κ1) is 12.3. The Bertz CT molecular complexity index is 324. The van der Waals surface area contributed by atoms with Crippen LogP contribution in [0.3, 0.4) is 0 Å². The molecule has 15 heavy (non-hydrogen) atoms. The van der Waals surface area contributed by atoms with Gasteiger partial charge in [-0.15, -0.1) is 12.4 Å². The molecule has 1 aliphatic rings. The molecule has 0 unspecified atom stereocenters. The fourth-order valence-electron chi connectivity index (χ4n) is 1.84. The van der Waals surface area contributed by atoms with Crippen LogP contribution in [0, 0.1) is 6.92 Å². The number of hydrogen-bond acceptors (Lipinski definition) is 3. The maximum Gasteiger partial charge on any atom is 0.123 e. The maximum atomic E-state index is 9.88. The third kappa shape index (κ3) is 2.62. The Morgan fingerprint density at radius 1 is 1.33 bits per heavy atom. The van der Waals surface area contributed by atoms with Crippen molar-refractivity contribution >= 4 is 12.4 Å². The summed E-state index contributed by atoms with van der Waals surface area (Å²) in [7, 11) is 0. The van der Waals surface area contributed by atoms with Gasteiger partial charge in [-0.1, -0.05) is 18.2 Å². The Morgan fingerprint density at radius 2 is 2.13 bits per heavy atom. The fraction of sp³-hybridized carbons (Fsp3) is 0.455. The van der Waals surface area contributed by atoms with Crippen molar-refractivity contribution in [3.63, 3.8) is 0 Å². The average molecular weight is 229 g/mol. The number of rotatable bonds is 1. The largest absolute Gasteiger partial charge is 0.507 e. The van der Waals surface area contributed by atoms with Crippen molar-refractivity contribution in [2.45, 2.75) is 13.0 Å². The van der Waals surface area contributed by atoms with Crippen LogP contribution in [0.2, 0.25) is 0 Å². The standard InChI is InChI=1S/C11H16N2O.ClH/c1-8-3-2-4-9(11(8)14)10-7-12-5-6-13-10;/h2-4,10,12-14H,5-7H2,1H3;1H/t10-;/m1./s1. The SMILES string of the molecule is Cc1cccc([C@H]2CNCCN2)c1O.Cl. The third-order valence-electron chi connectivity index (χ3n) is 2.69. The van der Waals surface area contributed by atoms with Gasteiger partial charge in [-0.3, -0.25) is 0 Å². The second-order valence-electron chi connectivity index (χ2n) is 3.72. The minimum Gasteiger partial charge on any atom is -0.507 e. The molecule has 3 N–H and O–H groups in total. The van der Waals surface area contributed by atoms with Crippen LogP contribution in [-0.2, 0) is 0 Å². The molecule has 1 aliphatic heterocycles. The van der Waals surface area contributed by atoms with Gasteiger partial charge in [0.2, 0.25) is 0 Å². The van der Waals surface area contributed by atoms with E-state index in [1.807, 2.05) is 25.1 Å². The summed E-state index contributed by atoms with van der Waals surface area (Å²) in [4.78, 5) is 0. The van der Waals surface area contributed by atoms with Crippen molar-refractivity contribution in [1.82, 2.24) is 10.6 Å². The number of nitrogens with one attached hydrogen (secondary N) is 2. The van der Waals surface area contributed by atoms with E-state index in [9.17, 15) is 5.11 Å². The Hall–Kier alpha value is -0.770. The summed E-state index contributed by atoms with van der Waals surface area (Å²) < 4.78 is 0. The highest BCUT2D eigenvalue weighted by atomic mass is 35.5. The zero-order valence-electron chi connectivity index (χ0n) is 8.79. The number of halogens is 1. The molecule has 1 aromatic carbocycles. The monoisotopic (exact) mass is 228 g/mol. The van der Waals surface area contributed by atoms with E-state index in [0.717, 1.165) is 30.8 Å². The van der Waals surface area contributed by atoms with Crippen LogP contribution in [-0.4, -0.2) is 24.7 Å². The molecule has 2 rings (SSSR count). The average Bonchev–Trinajstić information content (AvgIpc) is 2.23. The molecule has 0 aromatic heterocycles. The summed E-state index contributed by atoms with van der Waals surface area (Å²) >= 11 is 0. The highest BCUT2D eigenvalue weighted by Crippen LogP contribution is 2.27. The van der Waals surface area contributed by atoms with E-state index in [-0.39, 0.29) is 18.4 Å². The van der Waals surface area contributed by atoms with E-state index >= 15 is 0 Å². The Labute approximate surface area is 96.3 Å². The van der Waals surface area contributed by atoms with Crippen molar-refractivity contribution in [2.24, 2.45) is 0 Å². The molecule has 1 fully saturated rings. The first-order valence-electron chi connectivity index (χ1n) is 5.01. The van der Waals surface area contributed by atoms with Crippen LogP contribution in [0.1, 0.15) is 17.2 Å². The molecular weight excluding hydrogens is 212 g/mol. The zero-order chi connectivity index (χ0) is 9.97. The minimum absolute atomic E-state index is 0. The molecule has 1 saturated heterocycles. The second kappa shape index (κ2) is 5.35. The van der Waals surface area contributed by atoms with Gasteiger partial charge >= 0.3 is 0 Å². The van der Waals surface area contributed by atoms with Gasteiger partial charge in [-0.25, -0.2) is 0 Å². The van der Waals surface area contributed by atoms with Crippen molar-refractivity contribution in [3.05, 3.63) is 29.3 Å². The topological polar surface area (TPSA) is 44.3 Å². The Balaban J connectivity index is 0.00000112. The van der Waals surface area contributed by atoms with E-state index in [4.69, 9.17) is 0 Å². The quantitative estimate of drug-likeness (QED) is 0.680. The zero-order valence-corrected chi connectivity index (χ0v) is 9.60. The molecule has 0 saturated carbocycles.